The van der Waals surface area contributed by atoms with E-state index >= 15 is 0 Å². The maximum Gasteiger partial charge on any atom is 0.338 e. The van der Waals surface area contributed by atoms with Crippen LogP contribution in [0.25, 0.3) is 0 Å². The van der Waals surface area contributed by atoms with Crippen molar-refractivity contribution in [3.8, 4) is 0 Å². The molecule has 2 heterocycles. The molecule has 4 fully saturated rings. The lowest BCUT2D eigenvalue weighted by atomic mass is 9.88. The van der Waals surface area contributed by atoms with Gasteiger partial charge in [-0.05, 0) is 101 Å². The molecule has 2 aliphatic heterocycles. The molecule has 1 aromatic carbocycles. The van der Waals surface area contributed by atoms with E-state index in [2.05, 4.69) is 31.2 Å². The molecule has 4 aliphatic rings. The summed E-state index contributed by atoms with van der Waals surface area (Å²) in [7, 11) is 1.43. The van der Waals surface area contributed by atoms with Crippen molar-refractivity contribution in [3.05, 3.63) is 60.2 Å². The molecule has 5 rings (SSSR count). The Bertz CT molecular complexity index is 1170. The zero-order valence-electron chi connectivity index (χ0n) is 29.9. The minimum Gasteiger partial charge on any atom is -0.469 e. The normalized spacial score (nSPS) is 31.3. The van der Waals surface area contributed by atoms with Crippen molar-refractivity contribution < 1.29 is 38.0 Å². The quantitative estimate of drug-likeness (QED) is 0.0917. The van der Waals surface area contributed by atoms with Crippen LogP contribution in [0.3, 0.4) is 0 Å². The number of hydrogen-bond donors (Lipinski definition) is 0. The molecule has 9 atom stereocenters. The summed E-state index contributed by atoms with van der Waals surface area (Å²) >= 11 is 0. The van der Waals surface area contributed by atoms with Crippen LogP contribution in [0.2, 0.25) is 0 Å². The van der Waals surface area contributed by atoms with Crippen LogP contribution >= 0.6 is 0 Å². The monoisotopic (exact) mass is 680 g/mol. The van der Waals surface area contributed by atoms with E-state index in [0.29, 0.717) is 30.9 Å². The van der Waals surface area contributed by atoms with Crippen LogP contribution in [0.4, 0.5) is 0 Å². The molecular formula is C41H60O8. The van der Waals surface area contributed by atoms with E-state index in [1.165, 1.54) is 32.8 Å². The molecule has 0 bridgehead atoms. The Morgan fingerprint density at radius 1 is 0.918 bits per heavy atom. The summed E-state index contributed by atoms with van der Waals surface area (Å²) < 4.78 is 36.7. The van der Waals surface area contributed by atoms with Gasteiger partial charge < -0.3 is 28.4 Å². The van der Waals surface area contributed by atoms with Crippen LogP contribution in [-0.4, -0.2) is 63.2 Å². The lowest BCUT2D eigenvalue weighted by molar-refractivity contribution is -0.195. The molecule has 8 nitrogen and oxygen atoms in total. The topological polar surface area (TPSA) is 89.5 Å². The zero-order valence-corrected chi connectivity index (χ0v) is 29.9. The van der Waals surface area contributed by atoms with Crippen LogP contribution < -0.4 is 0 Å². The minimum absolute atomic E-state index is 0.0495. The molecule has 2 aliphatic carbocycles. The predicted molar refractivity (Wildman–Crippen MR) is 189 cm³/mol. The predicted octanol–water partition coefficient (Wildman–Crippen LogP) is 8.73. The smallest absolute Gasteiger partial charge is 0.338 e. The van der Waals surface area contributed by atoms with Crippen LogP contribution in [0.5, 0.6) is 0 Å². The first-order chi connectivity index (χ1) is 24.0. The van der Waals surface area contributed by atoms with E-state index in [4.69, 9.17) is 28.4 Å². The highest BCUT2D eigenvalue weighted by atomic mass is 16.7. The first-order valence-corrected chi connectivity index (χ1v) is 19.2. The van der Waals surface area contributed by atoms with Gasteiger partial charge in [-0.3, -0.25) is 4.79 Å². The van der Waals surface area contributed by atoms with Crippen molar-refractivity contribution in [3.63, 3.8) is 0 Å². The van der Waals surface area contributed by atoms with Gasteiger partial charge in [-0.25, -0.2) is 4.79 Å². The summed E-state index contributed by atoms with van der Waals surface area (Å²) in [4.78, 5) is 25.1. The Balaban J connectivity index is 1.38. The van der Waals surface area contributed by atoms with Gasteiger partial charge in [-0.2, -0.15) is 0 Å². The van der Waals surface area contributed by atoms with Gasteiger partial charge in [-0.15, -0.1) is 0 Å². The molecule has 0 aromatic heterocycles. The van der Waals surface area contributed by atoms with E-state index in [1.54, 1.807) is 12.1 Å². The molecular weight excluding hydrogens is 620 g/mol. The second-order valence-electron chi connectivity index (χ2n) is 14.4. The Morgan fingerprint density at radius 3 is 2.41 bits per heavy atom. The summed E-state index contributed by atoms with van der Waals surface area (Å²) in [5.41, 5.74) is 0.552. The number of rotatable bonds is 17. The van der Waals surface area contributed by atoms with Gasteiger partial charge in [0, 0.05) is 32.0 Å². The Kier molecular flexibility index (Phi) is 15.7. The number of unbranched alkanes of at least 4 members (excludes halogenated alkanes) is 1. The maximum atomic E-state index is 13.5. The third-order valence-electron chi connectivity index (χ3n) is 10.9. The Labute approximate surface area is 294 Å². The molecule has 2 saturated carbocycles. The average Bonchev–Trinajstić information content (AvgIpc) is 3.73. The van der Waals surface area contributed by atoms with Crippen LogP contribution in [0.15, 0.2) is 54.6 Å². The van der Waals surface area contributed by atoms with E-state index in [9.17, 15) is 9.59 Å². The van der Waals surface area contributed by atoms with Crippen molar-refractivity contribution in [2.24, 2.45) is 23.7 Å². The molecule has 4 unspecified atom stereocenters. The molecule has 1 aromatic rings. The second kappa shape index (κ2) is 20.4. The maximum absolute atomic E-state index is 13.5. The first kappa shape index (κ1) is 37.7. The van der Waals surface area contributed by atoms with Gasteiger partial charge in [0.05, 0.1) is 24.9 Å². The SMILES string of the molecule is CCCC1CCC([C@@H](C=C[C@@H]2[C@@H](CC=CCCCC(=O)OC)[C@@H](OC3CCCCO3)C[C@H]2OC(=O)c2ccccc2)OC2CCCCO2)C1. The van der Waals surface area contributed by atoms with Gasteiger partial charge in [0.25, 0.3) is 0 Å². The van der Waals surface area contributed by atoms with Crippen LogP contribution in [-0.2, 0) is 33.2 Å². The average molecular weight is 681 g/mol. The largest absolute Gasteiger partial charge is 0.469 e. The van der Waals surface area contributed by atoms with Gasteiger partial charge in [0.2, 0.25) is 0 Å². The van der Waals surface area contributed by atoms with Crippen molar-refractivity contribution >= 4 is 11.9 Å². The number of methoxy groups -OCH3 is 1. The van der Waals surface area contributed by atoms with Crippen LogP contribution in [0.1, 0.15) is 120 Å². The number of carbonyl (C=O) groups excluding carboxylic acids is 2. The Hall–Kier alpha value is -2.52. The van der Waals surface area contributed by atoms with Crippen molar-refractivity contribution in [2.45, 2.75) is 141 Å². The fraction of sp³-hybridized carbons (Fsp3) is 0.707. The number of benzene rings is 1. The minimum atomic E-state index is -0.349. The summed E-state index contributed by atoms with van der Waals surface area (Å²) in [6.45, 7) is 3.74. The van der Waals surface area contributed by atoms with Gasteiger partial charge >= 0.3 is 11.9 Å². The highest BCUT2D eigenvalue weighted by Crippen LogP contribution is 2.43. The third-order valence-corrected chi connectivity index (χ3v) is 10.9. The molecule has 0 N–H and O–H groups in total. The standard InChI is InChI=1S/C41H60O8/c1-3-15-30-22-23-32(28-30)35(47-39-20-11-13-26-45-39)25-24-34-33(18-9-4-5-10-19-38(42)44-2)36(48-40-21-12-14-27-46-40)29-37(34)49-41(43)31-16-7-6-8-17-31/h4,6-9,16-17,24-25,30,32-37,39-40H,3,5,10-15,18-23,26-29H2,1-2H3/t30?,32?,33-,34-,35-,36+,37-,39?,40?/m1/s1. The summed E-state index contributed by atoms with van der Waals surface area (Å²) in [5.74, 6) is 0.718. The van der Waals surface area contributed by atoms with Crippen LogP contribution in [0, 0.1) is 23.7 Å². The zero-order chi connectivity index (χ0) is 34.3. The molecule has 2 saturated heterocycles. The third kappa shape index (κ3) is 11.8. The molecule has 49 heavy (non-hydrogen) atoms. The lowest BCUT2D eigenvalue weighted by Crippen LogP contribution is -2.32. The molecule has 272 valence electrons. The lowest BCUT2D eigenvalue weighted by Gasteiger charge is -2.31. The number of ether oxygens (including phenoxy) is 6. The second-order valence-corrected chi connectivity index (χ2v) is 14.4. The highest BCUT2D eigenvalue weighted by molar-refractivity contribution is 5.89. The summed E-state index contributed by atoms with van der Waals surface area (Å²) in [6.07, 6.45) is 23.5. The highest BCUT2D eigenvalue weighted by Gasteiger charge is 2.46. The van der Waals surface area contributed by atoms with E-state index in [-0.39, 0.29) is 54.7 Å². The number of hydrogen-bond acceptors (Lipinski definition) is 8. The first-order valence-electron chi connectivity index (χ1n) is 19.2. The fourth-order valence-electron chi connectivity index (χ4n) is 8.20. The fourth-order valence-corrected chi connectivity index (χ4v) is 8.20. The van der Waals surface area contributed by atoms with Gasteiger partial charge in [0.1, 0.15) is 6.10 Å². The van der Waals surface area contributed by atoms with E-state index < -0.39 is 0 Å². The summed E-state index contributed by atoms with van der Waals surface area (Å²) in [6, 6.07) is 9.25. The summed E-state index contributed by atoms with van der Waals surface area (Å²) in [5, 5.41) is 0. The van der Waals surface area contributed by atoms with Crippen molar-refractivity contribution in [2.75, 3.05) is 20.3 Å². The van der Waals surface area contributed by atoms with E-state index in [1.807, 2.05) is 18.2 Å². The van der Waals surface area contributed by atoms with E-state index in [0.717, 1.165) is 76.7 Å². The molecule has 0 amide bonds. The van der Waals surface area contributed by atoms with Gasteiger partial charge in [0.15, 0.2) is 12.6 Å². The molecule has 0 radical (unpaired) electrons. The number of allylic oxidation sites excluding steroid dienone is 2. The Morgan fingerprint density at radius 2 is 1.69 bits per heavy atom. The van der Waals surface area contributed by atoms with Gasteiger partial charge in [-0.1, -0.05) is 68.7 Å². The molecule has 0 spiro atoms. The number of esters is 2. The molecule has 8 heteroatoms. The number of carbonyl (C=O) groups is 2. The van der Waals surface area contributed by atoms with Crippen molar-refractivity contribution in [1.82, 2.24) is 0 Å². The van der Waals surface area contributed by atoms with Crippen molar-refractivity contribution in [1.29, 1.82) is 0 Å².